The van der Waals surface area contributed by atoms with Gasteiger partial charge in [0.2, 0.25) is 5.91 Å². The van der Waals surface area contributed by atoms with Gasteiger partial charge in [0, 0.05) is 16.5 Å². The molecule has 0 aliphatic rings. The highest BCUT2D eigenvalue weighted by Crippen LogP contribution is 2.18. The number of anilines is 1. The van der Waals surface area contributed by atoms with Gasteiger partial charge in [-0.15, -0.1) is 11.8 Å². The Bertz CT molecular complexity index is 403. The number of aliphatic carboxylic acids is 1. The number of carbonyl (C=O) groups excluding carboxylic acids is 1. The number of benzene rings is 1. The Morgan fingerprint density at radius 1 is 1.35 bits per heavy atom. The lowest BCUT2D eigenvalue weighted by atomic mass is 10.1. The van der Waals surface area contributed by atoms with E-state index in [4.69, 9.17) is 5.11 Å². The maximum atomic E-state index is 11.6. The van der Waals surface area contributed by atoms with Crippen LogP contribution in [0.2, 0.25) is 0 Å². The van der Waals surface area contributed by atoms with Crippen molar-refractivity contribution in [1.82, 2.24) is 0 Å². The Morgan fingerprint density at radius 2 is 1.94 bits per heavy atom. The van der Waals surface area contributed by atoms with Gasteiger partial charge < -0.3 is 10.4 Å². The average Bonchev–Trinajstić information content (AvgIpc) is 2.29. The van der Waals surface area contributed by atoms with Gasteiger partial charge in [-0.25, -0.2) is 0 Å². The molecule has 2 N–H and O–H groups in total. The molecule has 17 heavy (non-hydrogen) atoms. The van der Waals surface area contributed by atoms with Gasteiger partial charge in [-0.3, -0.25) is 9.59 Å². The summed E-state index contributed by atoms with van der Waals surface area (Å²) >= 11 is 1.62. The van der Waals surface area contributed by atoms with Crippen molar-refractivity contribution < 1.29 is 14.7 Å². The number of carbonyl (C=O) groups is 2. The predicted molar refractivity (Wildman–Crippen MR) is 68.3 cm³/mol. The molecule has 0 radical (unpaired) electrons. The third kappa shape index (κ3) is 4.48. The second-order valence-corrected chi connectivity index (χ2v) is 4.60. The lowest BCUT2D eigenvalue weighted by molar-refractivity contribution is -0.139. The fraction of sp³-hybridized carbons (Fsp3) is 0.333. The summed E-state index contributed by atoms with van der Waals surface area (Å²) < 4.78 is 0. The van der Waals surface area contributed by atoms with Gasteiger partial charge in [0.05, 0.1) is 6.42 Å². The first-order chi connectivity index (χ1) is 8.02. The molecule has 0 bridgehead atoms. The lowest BCUT2D eigenvalue weighted by Crippen LogP contribution is -2.22. The molecule has 4 nitrogen and oxygen atoms in total. The number of hydrogen-bond acceptors (Lipinski definition) is 3. The molecular weight excluding hydrogens is 238 g/mol. The molecule has 1 aromatic carbocycles. The van der Waals surface area contributed by atoms with Gasteiger partial charge in [-0.05, 0) is 30.5 Å². The zero-order chi connectivity index (χ0) is 12.8. The van der Waals surface area contributed by atoms with E-state index in [2.05, 4.69) is 5.32 Å². The molecular formula is C12H15NO3S. The third-order valence-corrected chi connectivity index (χ3v) is 3.03. The van der Waals surface area contributed by atoms with Gasteiger partial charge >= 0.3 is 5.97 Å². The van der Waals surface area contributed by atoms with Crippen LogP contribution >= 0.6 is 11.8 Å². The minimum Gasteiger partial charge on any atom is -0.481 e. The summed E-state index contributed by atoms with van der Waals surface area (Å²) in [7, 11) is 0. The summed E-state index contributed by atoms with van der Waals surface area (Å²) in [4.78, 5) is 23.2. The lowest BCUT2D eigenvalue weighted by Gasteiger charge is -2.10. The van der Waals surface area contributed by atoms with Gasteiger partial charge in [-0.1, -0.05) is 6.92 Å². The number of hydrogen-bond donors (Lipinski definition) is 2. The topological polar surface area (TPSA) is 66.4 Å². The van der Waals surface area contributed by atoms with E-state index >= 15 is 0 Å². The van der Waals surface area contributed by atoms with E-state index in [-0.39, 0.29) is 12.3 Å². The van der Waals surface area contributed by atoms with Crippen molar-refractivity contribution in [2.75, 3.05) is 11.6 Å². The van der Waals surface area contributed by atoms with E-state index < -0.39 is 11.9 Å². The van der Waals surface area contributed by atoms with E-state index in [1.165, 1.54) is 0 Å². The van der Waals surface area contributed by atoms with Crippen LogP contribution in [0.15, 0.2) is 29.2 Å². The van der Waals surface area contributed by atoms with Crippen LogP contribution in [-0.4, -0.2) is 23.2 Å². The average molecular weight is 253 g/mol. The van der Waals surface area contributed by atoms with E-state index in [0.29, 0.717) is 5.69 Å². The Kier molecular flexibility index (Phi) is 5.03. The second-order valence-electron chi connectivity index (χ2n) is 3.72. The molecule has 0 aromatic heterocycles. The minimum atomic E-state index is -0.967. The molecule has 0 saturated carbocycles. The van der Waals surface area contributed by atoms with Crippen LogP contribution in [0.5, 0.6) is 0 Å². The van der Waals surface area contributed by atoms with Crippen molar-refractivity contribution in [2.45, 2.75) is 18.2 Å². The van der Waals surface area contributed by atoms with Crippen molar-refractivity contribution >= 4 is 29.3 Å². The normalized spacial score (nSPS) is 11.9. The highest BCUT2D eigenvalue weighted by Gasteiger charge is 2.16. The van der Waals surface area contributed by atoms with E-state index in [1.807, 2.05) is 18.4 Å². The van der Waals surface area contributed by atoms with Crippen LogP contribution in [0.3, 0.4) is 0 Å². The van der Waals surface area contributed by atoms with Gasteiger partial charge in [0.15, 0.2) is 0 Å². The molecule has 1 aromatic rings. The van der Waals surface area contributed by atoms with Gasteiger partial charge in [0.1, 0.15) is 0 Å². The zero-order valence-electron chi connectivity index (χ0n) is 9.77. The Balaban J connectivity index is 2.58. The Morgan fingerprint density at radius 3 is 2.41 bits per heavy atom. The minimum absolute atomic E-state index is 0.158. The summed E-state index contributed by atoms with van der Waals surface area (Å²) in [5, 5.41) is 11.3. The van der Waals surface area contributed by atoms with Crippen LogP contribution in [-0.2, 0) is 9.59 Å². The molecule has 0 fully saturated rings. The molecule has 1 unspecified atom stereocenters. The number of nitrogens with one attached hydrogen (secondary N) is 1. The fourth-order valence-corrected chi connectivity index (χ4v) is 1.70. The monoisotopic (exact) mass is 253 g/mol. The predicted octanol–water partition coefficient (Wildman–Crippen LogP) is 2.46. The standard InChI is InChI=1S/C12H15NO3S/c1-8(7-11(14)15)12(16)13-9-3-5-10(17-2)6-4-9/h3-6,8H,7H2,1-2H3,(H,13,16)(H,14,15). The highest BCUT2D eigenvalue weighted by atomic mass is 32.2. The fourth-order valence-electron chi connectivity index (χ4n) is 1.29. The molecule has 5 heteroatoms. The maximum absolute atomic E-state index is 11.6. The number of rotatable bonds is 5. The first kappa shape index (κ1) is 13.6. The van der Waals surface area contributed by atoms with E-state index in [0.717, 1.165) is 4.90 Å². The summed E-state index contributed by atoms with van der Waals surface area (Å²) in [6.45, 7) is 1.60. The van der Waals surface area contributed by atoms with E-state index in [9.17, 15) is 9.59 Å². The zero-order valence-corrected chi connectivity index (χ0v) is 10.6. The molecule has 0 heterocycles. The second kappa shape index (κ2) is 6.30. The van der Waals surface area contributed by atoms with Crippen molar-refractivity contribution in [3.63, 3.8) is 0 Å². The first-order valence-corrected chi connectivity index (χ1v) is 6.42. The molecule has 0 aliphatic heterocycles. The quantitative estimate of drug-likeness (QED) is 0.791. The number of amides is 1. The maximum Gasteiger partial charge on any atom is 0.304 e. The summed E-state index contributed by atoms with van der Waals surface area (Å²) in [6.07, 6.45) is 1.82. The molecule has 1 atom stereocenters. The van der Waals surface area contributed by atoms with E-state index in [1.54, 1.807) is 30.8 Å². The molecule has 0 aliphatic carbocycles. The molecule has 1 amide bonds. The molecule has 0 saturated heterocycles. The molecule has 92 valence electrons. The highest BCUT2D eigenvalue weighted by molar-refractivity contribution is 7.98. The van der Waals surface area contributed by atoms with Crippen LogP contribution in [0.25, 0.3) is 0 Å². The number of carboxylic acids is 1. The Labute approximate surface area is 104 Å². The van der Waals surface area contributed by atoms with Crippen molar-refractivity contribution in [3.8, 4) is 0 Å². The van der Waals surface area contributed by atoms with Crippen LogP contribution in [0.4, 0.5) is 5.69 Å². The van der Waals surface area contributed by atoms with Gasteiger partial charge in [-0.2, -0.15) is 0 Å². The molecule has 1 rings (SSSR count). The SMILES string of the molecule is CSc1ccc(NC(=O)C(C)CC(=O)O)cc1. The molecule has 0 spiro atoms. The van der Waals surface area contributed by atoms with Crippen molar-refractivity contribution in [1.29, 1.82) is 0 Å². The van der Waals surface area contributed by atoms with Crippen LogP contribution in [0.1, 0.15) is 13.3 Å². The number of thioether (sulfide) groups is 1. The summed E-state index contributed by atoms with van der Waals surface area (Å²) in [5.41, 5.74) is 0.685. The smallest absolute Gasteiger partial charge is 0.304 e. The van der Waals surface area contributed by atoms with Crippen LogP contribution < -0.4 is 5.32 Å². The van der Waals surface area contributed by atoms with Gasteiger partial charge in [0.25, 0.3) is 0 Å². The largest absolute Gasteiger partial charge is 0.481 e. The number of carboxylic acid groups (broad SMARTS) is 1. The van der Waals surface area contributed by atoms with Crippen LogP contribution in [0, 0.1) is 5.92 Å². The third-order valence-electron chi connectivity index (χ3n) is 2.29. The van der Waals surface area contributed by atoms with Crippen molar-refractivity contribution in [2.24, 2.45) is 5.92 Å². The van der Waals surface area contributed by atoms with Crippen molar-refractivity contribution in [3.05, 3.63) is 24.3 Å². The first-order valence-electron chi connectivity index (χ1n) is 5.19. The summed E-state index contributed by atoms with van der Waals surface area (Å²) in [6, 6.07) is 7.42. The Hall–Kier alpha value is -1.49. The summed E-state index contributed by atoms with van der Waals surface area (Å²) in [5.74, 6) is -1.78.